The van der Waals surface area contributed by atoms with E-state index in [9.17, 15) is 0 Å². The molecule has 0 radical (unpaired) electrons. The zero-order valence-corrected chi connectivity index (χ0v) is 37.7. The Balaban J connectivity index is 1.24. The first kappa shape index (κ1) is 38.8. The van der Waals surface area contributed by atoms with Crippen molar-refractivity contribution in [1.29, 1.82) is 0 Å². The van der Waals surface area contributed by atoms with Gasteiger partial charge in [-0.3, -0.25) is 0 Å². The first-order valence-electron chi connectivity index (χ1n) is 22.1. The summed E-state index contributed by atoms with van der Waals surface area (Å²) >= 11 is 0. The summed E-state index contributed by atoms with van der Waals surface area (Å²) in [6.07, 6.45) is 3.47. The largest absolute Gasteiger partial charge is 0.458 e. The molecule has 0 spiro atoms. The Morgan fingerprint density at radius 1 is 0.533 bits per heavy atom. The molecular formula is C55H59BN2O2. The van der Waals surface area contributed by atoms with Gasteiger partial charge >= 0.3 is 0 Å². The molecular weight excluding hydrogens is 731 g/mol. The molecule has 0 atom stereocenters. The molecule has 60 heavy (non-hydrogen) atoms. The minimum absolute atomic E-state index is 0.0218. The van der Waals surface area contributed by atoms with Crippen LogP contribution in [0.4, 0.5) is 17.1 Å². The number of rotatable bonds is 3. The number of aryl methyl sites for hydroxylation is 2. The lowest BCUT2D eigenvalue weighted by molar-refractivity contribution is 0.422. The number of benzene rings is 6. The lowest BCUT2D eigenvalue weighted by Gasteiger charge is -2.36. The SMILES string of the molecule is CC(C)(C)c1ccc(N(c2ccc(C(C)(C)C)cc2)c2cc3c4c(c2)Oc2c(ccc5c2c2ccc6c(c2n5C(C)(C)C)CCC6)B4c2cc(C(C)(C)C)ccc2O3)cc1. The van der Waals surface area contributed by atoms with E-state index in [1.165, 1.54) is 67.0 Å². The van der Waals surface area contributed by atoms with E-state index in [1.54, 1.807) is 0 Å². The molecule has 0 N–H and O–H groups in total. The van der Waals surface area contributed by atoms with Crippen molar-refractivity contribution in [3.63, 3.8) is 0 Å². The summed E-state index contributed by atoms with van der Waals surface area (Å²) < 4.78 is 17.1. The zero-order valence-electron chi connectivity index (χ0n) is 37.7. The van der Waals surface area contributed by atoms with Crippen LogP contribution in [0.1, 0.15) is 117 Å². The summed E-state index contributed by atoms with van der Waals surface area (Å²) in [7, 11) is 0. The summed E-state index contributed by atoms with van der Waals surface area (Å²) in [5, 5.41) is 2.49. The second-order valence-electron chi connectivity index (χ2n) is 21.8. The lowest BCUT2D eigenvalue weighted by atomic mass is 9.34. The van der Waals surface area contributed by atoms with Crippen molar-refractivity contribution in [3.8, 4) is 23.0 Å². The molecule has 4 nitrogen and oxygen atoms in total. The predicted octanol–water partition coefficient (Wildman–Crippen LogP) is 13.1. The predicted molar refractivity (Wildman–Crippen MR) is 255 cm³/mol. The summed E-state index contributed by atoms with van der Waals surface area (Å²) in [6.45, 7) is 27.5. The Labute approximate surface area is 357 Å². The number of aromatic nitrogens is 1. The first-order valence-corrected chi connectivity index (χ1v) is 22.1. The molecule has 0 unspecified atom stereocenters. The van der Waals surface area contributed by atoms with Crippen molar-refractivity contribution in [2.75, 3.05) is 4.90 Å². The van der Waals surface area contributed by atoms with Gasteiger partial charge in [-0.1, -0.05) is 117 Å². The van der Waals surface area contributed by atoms with Crippen molar-refractivity contribution >= 4 is 62.0 Å². The van der Waals surface area contributed by atoms with Gasteiger partial charge in [0.2, 0.25) is 0 Å². The van der Waals surface area contributed by atoms with E-state index in [0.29, 0.717) is 0 Å². The van der Waals surface area contributed by atoms with Crippen LogP contribution in [0.3, 0.4) is 0 Å². The Morgan fingerprint density at radius 2 is 1.12 bits per heavy atom. The quantitative estimate of drug-likeness (QED) is 0.167. The maximum Gasteiger partial charge on any atom is 0.260 e. The normalized spacial score (nSPS) is 14.7. The van der Waals surface area contributed by atoms with Crippen LogP contribution in [-0.2, 0) is 34.6 Å². The second kappa shape index (κ2) is 13.0. The van der Waals surface area contributed by atoms with E-state index in [-0.39, 0.29) is 28.5 Å². The summed E-state index contributed by atoms with van der Waals surface area (Å²) in [4.78, 5) is 2.36. The number of fused-ring (bicyclic) bond motifs is 10. The molecule has 1 aromatic heterocycles. The van der Waals surface area contributed by atoms with E-state index < -0.39 is 0 Å². The van der Waals surface area contributed by atoms with Crippen LogP contribution in [-0.4, -0.2) is 11.3 Å². The maximum absolute atomic E-state index is 7.47. The molecule has 0 fully saturated rings. The molecule has 0 saturated carbocycles. The van der Waals surface area contributed by atoms with Gasteiger partial charge in [0.15, 0.2) is 0 Å². The number of anilines is 3. The van der Waals surface area contributed by atoms with Gasteiger partial charge in [-0.25, -0.2) is 0 Å². The molecule has 6 aromatic carbocycles. The topological polar surface area (TPSA) is 26.6 Å². The van der Waals surface area contributed by atoms with Crippen LogP contribution in [0.15, 0.2) is 103 Å². The van der Waals surface area contributed by atoms with Crippen molar-refractivity contribution in [2.24, 2.45) is 0 Å². The van der Waals surface area contributed by atoms with E-state index in [0.717, 1.165) is 58.4 Å². The van der Waals surface area contributed by atoms with E-state index in [2.05, 4.69) is 196 Å². The highest BCUT2D eigenvalue weighted by Crippen LogP contribution is 2.48. The third kappa shape index (κ3) is 6.09. The van der Waals surface area contributed by atoms with Gasteiger partial charge in [0.25, 0.3) is 6.71 Å². The van der Waals surface area contributed by atoms with Gasteiger partial charge in [0.1, 0.15) is 23.0 Å². The van der Waals surface area contributed by atoms with Gasteiger partial charge in [-0.2, -0.15) is 0 Å². The zero-order chi connectivity index (χ0) is 42.3. The van der Waals surface area contributed by atoms with Gasteiger partial charge in [-0.15, -0.1) is 0 Å². The third-order valence-corrected chi connectivity index (χ3v) is 13.4. The molecule has 0 amide bonds. The highest BCUT2D eigenvalue weighted by molar-refractivity contribution is 6.98. The van der Waals surface area contributed by atoms with Crippen LogP contribution in [0.25, 0.3) is 21.8 Å². The Kier molecular flexibility index (Phi) is 8.43. The average Bonchev–Trinajstić information content (AvgIpc) is 3.80. The fraction of sp³-hybridized carbons (Fsp3) is 0.345. The third-order valence-electron chi connectivity index (χ3n) is 13.4. The fourth-order valence-electron chi connectivity index (χ4n) is 10.2. The van der Waals surface area contributed by atoms with Crippen LogP contribution < -0.4 is 30.8 Å². The standard InChI is InChI=1S/C55H59BN2O2/c1-52(2,3)34-17-22-37(23-18-34)57(38-24-19-35(20-25-38)53(4,5)6)39-31-46-49-47(32-39)60-51-42(56(49)43-30-36(54(7,8)9)21-29-45(43)59-46)27-28-44-48(51)41-26-16-33-14-13-15-40(33)50(41)58(44)55(10,11)12/h16-32H,13-15H2,1-12H3. The molecule has 3 heterocycles. The van der Waals surface area contributed by atoms with Crippen molar-refractivity contribution in [2.45, 2.75) is 124 Å². The lowest BCUT2D eigenvalue weighted by Crippen LogP contribution is -2.57. The van der Waals surface area contributed by atoms with Gasteiger partial charge < -0.3 is 18.9 Å². The number of hydrogen-bond donors (Lipinski definition) is 0. The number of nitrogens with zero attached hydrogens (tertiary/aromatic N) is 2. The van der Waals surface area contributed by atoms with E-state index in [4.69, 9.17) is 9.47 Å². The molecule has 0 bridgehead atoms. The van der Waals surface area contributed by atoms with Crippen molar-refractivity contribution in [1.82, 2.24) is 4.57 Å². The van der Waals surface area contributed by atoms with Crippen LogP contribution in [0.2, 0.25) is 0 Å². The van der Waals surface area contributed by atoms with Crippen LogP contribution in [0, 0.1) is 0 Å². The van der Waals surface area contributed by atoms with E-state index >= 15 is 0 Å². The van der Waals surface area contributed by atoms with Gasteiger partial charge in [-0.05, 0) is 131 Å². The minimum Gasteiger partial charge on any atom is -0.458 e. The molecule has 10 rings (SSSR count). The Morgan fingerprint density at radius 3 is 1.70 bits per heavy atom. The Bertz CT molecular complexity index is 2810. The highest BCUT2D eigenvalue weighted by Gasteiger charge is 2.43. The monoisotopic (exact) mass is 790 g/mol. The van der Waals surface area contributed by atoms with Gasteiger partial charge in [0, 0.05) is 45.3 Å². The van der Waals surface area contributed by atoms with Crippen molar-refractivity contribution < 1.29 is 9.47 Å². The van der Waals surface area contributed by atoms with Crippen LogP contribution >= 0.6 is 0 Å². The molecule has 0 saturated heterocycles. The Hall–Kier alpha value is -5.42. The minimum atomic E-state index is -0.128. The maximum atomic E-state index is 7.47. The van der Waals surface area contributed by atoms with Crippen LogP contribution in [0.5, 0.6) is 23.0 Å². The van der Waals surface area contributed by atoms with Gasteiger partial charge in [0.05, 0.1) is 16.7 Å². The molecule has 1 aliphatic carbocycles. The molecule has 5 heteroatoms. The smallest absolute Gasteiger partial charge is 0.260 e. The first-order chi connectivity index (χ1) is 28.3. The van der Waals surface area contributed by atoms with Crippen molar-refractivity contribution in [3.05, 3.63) is 131 Å². The highest BCUT2D eigenvalue weighted by atomic mass is 16.5. The average molecular weight is 791 g/mol. The summed E-state index contributed by atoms with van der Waals surface area (Å²) in [5.41, 5.74) is 16.1. The second-order valence-corrected chi connectivity index (χ2v) is 21.8. The molecule has 2 aliphatic heterocycles. The molecule has 7 aromatic rings. The van der Waals surface area contributed by atoms with E-state index in [1.807, 2.05) is 0 Å². The molecule has 304 valence electrons. The molecule has 3 aliphatic rings. The summed E-state index contributed by atoms with van der Waals surface area (Å²) in [5.74, 6) is 3.55. The fourth-order valence-corrected chi connectivity index (χ4v) is 10.2. The number of ether oxygens (including phenoxy) is 2. The number of hydrogen-bond acceptors (Lipinski definition) is 3. The summed E-state index contributed by atoms with van der Waals surface area (Å²) in [6, 6.07) is 39.0.